The van der Waals surface area contributed by atoms with Crippen molar-refractivity contribution in [3.63, 3.8) is 0 Å². The van der Waals surface area contributed by atoms with Gasteiger partial charge in [-0.3, -0.25) is 14.9 Å². The van der Waals surface area contributed by atoms with E-state index in [2.05, 4.69) is 0 Å². The Labute approximate surface area is 146 Å². The molecule has 24 heavy (non-hydrogen) atoms. The Bertz CT molecular complexity index is 873. The van der Waals surface area contributed by atoms with E-state index in [1.54, 1.807) is 42.5 Å². The number of nitro benzene ring substituents is 1. The molecule has 2 aromatic carbocycles. The Morgan fingerprint density at radius 3 is 2.50 bits per heavy atom. The standard InChI is InChI=1S/C16H10ClN3O3S/c17-12-2-4-13(5-3-12)24-15-6-1-10(8-14(15)20(22)23)7-11(9-18)16(19)21/h1-8H,(H2,19,21)/b11-7-. The van der Waals surface area contributed by atoms with Gasteiger partial charge in [-0.1, -0.05) is 29.4 Å². The van der Waals surface area contributed by atoms with Crippen LogP contribution in [0, 0.1) is 21.4 Å². The summed E-state index contributed by atoms with van der Waals surface area (Å²) in [6.45, 7) is 0. The molecule has 8 heteroatoms. The lowest BCUT2D eigenvalue weighted by atomic mass is 10.1. The molecule has 0 aliphatic heterocycles. The fraction of sp³-hybridized carbons (Fsp3) is 0. The Balaban J connectivity index is 2.40. The van der Waals surface area contributed by atoms with Crippen LogP contribution in [0.4, 0.5) is 5.69 Å². The van der Waals surface area contributed by atoms with Gasteiger partial charge < -0.3 is 5.73 Å². The molecule has 0 spiro atoms. The second-order valence-corrected chi connectivity index (χ2v) is 6.13. The summed E-state index contributed by atoms with van der Waals surface area (Å²) in [5, 5.41) is 20.7. The van der Waals surface area contributed by atoms with Crippen molar-refractivity contribution >= 4 is 41.0 Å². The van der Waals surface area contributed by atoms with Gasteiger partial charge in [-0.2, -0.15) is 5.26 Å². The highest BCUT2D eigenvalue weighted by atomic mass is 35.5. The van der Waals surface area contributed by atoms with Gasteiger partial charge in [-0.05, 0) is 42.0 Å². The van der Waals surface area contributed by atoms with Gasteiger partial charge in [-0.25, -0.2) is 0 Å². The summed E-state index contributed by atoms with van der Waals surface area (Å²) in [5.74, 6) is -0.889. The van der Waals surface area contributed by atoms with E-state index in [9.17, 15) is 14.9 Å². The molecule has 0 unspecified atom stereocenters. The van der Waals surface area contributed by atoms with Gasteiger partial charge >= 0.3 is 0 Å². The molecule has 0 atom stereocenters. The zero-order valence-corrected chi connectivity index (χ0v) is 13.7. The Hall–Kier alpha value is -2.82. The van der Waals surface area contributed by atoms with Crippen LogP contribution in [-0.2, 0) is 4.79 Å². The molecular formula is C16H10ClN3O3S. The first-order valence-electron chi connectivity index (χ1n) is 6.54. The molecule has 0 heterocycles. The van der Waals surface area contributed by atoms with Crippen LogP contribution in [0.15, 0.2) is 57.8 Å². The minimum atomic E-state index is -0.889. The Morgan fingerprint density at radius 2 is 1.96 bits per heavy atom. The molecule has 2 aromatic rings. The normalized spacial score (nSPS) is 10.9. The first-order valence-corrected chi connectivity index (χ1v) is 7.73. The first kappa shape index (κ1) is 17.5. The third kappa shape index (κ3) is 4.35. The monoisotopic (exact) mass is 359 g/mol. The molecular weight excluding hydrogens is 350 g/mol. The Morgan fingerprint density at radius 1 is 1.29 bits per heavy atom. The number of nitrogens with two attached hydrogens (primary N) is 1. The highest BCUT2D eigenvalue weighted by Gasteiger charge is 2.16. The summed E-state index contributed by atoms with van der Waals surface area (Å²) in [6.07, 6.45) is 1.21. The molecule has 2 N–H and O–H groups in total. The van der Waals surface area contributed by atoms with E-state index >= 15 is 0 Å². The average molecular weight is 360 g/mol. The maximum absolute atomic E-state index is 11.3. The number of carbonyl (C=O) groups is 1. The maximum atomic E-state index is 11.3. The molecule has 0 radical (unpaired) electrons. The lowest BCUT2D eigenvalue weighted by Crippen LogP contribution is -2.12. The van der Waals surface area contributed by atoms with Crippen molar-refractivity contribution in [2.45, 2.75) is 9.79 Å². The predicted octanol–water partition coefficient (Wildman–Crippen LogP) is 3.79. The highest BCUT2D eigenvalue weighted by Crippen LogP contribution is 2.36. The lowest BCUT2D eigenvalue weighted by Gasteiger charge is -2.05. The number of carbonyl (C=O) groups excluding carboxylic acids is 1. The van der Waals surface area contributed by atoms with E-state index in [4.69, 9.17) is 22.6 Å². The summed E-state index contributed by atoms with van der Waals surface area (Å²) in [7, 11) is 0. The van der Waals surface area contributed by atoms with E-state index in [-0.39, 0.29) is 11.3 Å². The van der Waals surface area contributed by atoms with Crippen LogP contribution in [-0.4, -0.2) is 10.8 Å². The van der Waals surface area contributed by atoms with E-state index in [0.29, 0.717) is 15.5 Å². The van der Waals surface area contributed by atoms with Gasteiger partial charge in [0, 0.05) is 16.0 Å². The van der Waals surface area contributed by atoms with Crippen LogP contribution < -0.4 is 5.73 Å². The van der Waals surface area contributed by atoms with Crippen molar-refractivity contribution in [3.8, 4) is 6.07 Å². The topological polar surface area (TPSA) is 110 Å². The van der Waals surface area contributed by atoms with Crippen molar-refractivity contribution < 1.29 is 9.72 Å². The summed E-state index contributed by atoms with van der Waals surface area (Å²) in [4.78, 5) is 23.1. The summed E-state index contributed by atoms with van der Waals surface area (Å²) in [5.41, 5.74) is 4.99. The molecule has 0 aliphatic rings. The molecule has 0 saturated heterocycles. The number of hydrogen-bond donors (Lipinski definition) is 1. The number of nitro groups is 1. The molecule has 0 saturated carbocycles. The number of amides is 1. The second kappa shape index (κ2) is 7.64. The van der Waals surface area contributed by atoms with Crippen LogP contribution >= 0.6 is 23.4 Å². The smallest absolute Gasteiger partial charge is 0.283 e. The molecule has 0 aromatic heterocycles. The molecule has 2 rings (SSSR count). The molecule has 0 fully saturated rings. The van der Waals surface area contributed by atoms with Crippen LogP contribution in [0.5, 0.6) is 0 Å². The van der Waals surface area contributed by atoms with E-state index < -0.39 is 10.8 Å². The summed E-state index contributed by atoms with van der Waals surface area (Å²) in [6, 6.07) is 13.0. The second-order valence-electron chi connectivity index (χ2n) is 4.57. The van der Waals surface area contributed by atoms with Gasteiger partial charge in [0.2, 0.25) is 0 Å². The number of primary amides is 1. The van der Waals surface area contributed by atoms with Crippen molar-refractivity contribution in [3.05, 3.63) is 68.7 Å². The van der Waals surface area contributed by atoms with Crippen molar-refractivity contribution in [2.24, 2.45) is 5.73 Å². The third-order valence-electron chi connectivity index (χ3n) is 2.92. The van der Waals surface area contributed by atoms with Gasteiger partial charge in [0.05, 0.1) is 9.82 Å². The van der Waals surface area contributed by atoms with E-state index in [1.165, 1.54) is 23.9 Å². The largest absolute Gasteiger partial charge is 0.365 e. The summed E-state index contributed by atoms with van der Waals surface area (Å²) < 4.78 is 0. The zero-order chi connectivity index (χ0) is 17.7. The minimum absolute atomic E-state index is 0.134. The van der Waals surface area contributed by atoms with Crippen molar-refractivity contribution in [2.75, 3.05) is 0 Å². The van der Waals surface area contributed by atoms with Crippen molar-refractivity contribution in [1.82, 2.24) is 0 Å². The third-order valence-corrected chi connectivity index (χ3v) is 4.24. The minimum Gasteiger partial charge on any atom is -0.365 e. The van der Waals surface area contributed by atoms with Gasteiger partial charge in [0.15, 0.2) is 0 Å². The van der Waals surface area contributed by atoms with Crippen molar-refractivity contribution in [1.29, 1.82) is 5.26 Å². The predicted molar refractivity (Wildman–Crippen MR) is 91.5 cm³/mol. The molecule has 0 bridgehead atoms. The van der Waals surface area contributed by atoms with Crippen LogP contribution in [0.2, 0.25) is 5.02 Å². The number of rotatable bonds is 5. The SMILES string of the molecule is N#C/C(=C/c1ccc(Sc2ccc(Cl)cc2)c([N+](=O)[O-])c1)C(N)=O. The first-order chi connectivity index (χ1) is 11.4. The number of benzene rings is 2. The molecule has 6 nitrogen and oxygen atoms in total. The molecule has 120 valence electrons. The maximum Gasteiger partial charge on any atom is 0.283 e. The average Bonchev–Trinajstić information content (AvgIpc) is 2.55. The Kier molecular flexibility index (Phi) is 5.58. The van der Waals surface area contributed by atoms with Gasteiger partial charge in [0.1, 0.15) is 11.6 Å². The van der Waals surface area contributed by atoms with E-state index in [0.717, 1.165) is 4.90 Å². The fourth-order valence-corrected chi connectivity index (χ4v) is 2.83. The number of nitriles is 1. The lowest BCUT2D eigenvalue weighted by molar-refractivity contribution is -0.387. The fourth-order valence-electron chi connectivity index (χ4n) is 1.81. The van der Waals surface area contributed by atoms with Crippen LogP contribution in [0.1, 0.15) is 5.56 Å². The number of hydrogen-bond acceptors (Lipinski definition) is 5. The summed E-state index contributed by atoms with van der Waals surface area (Å²) >= 11 is 7.03. The highest BCUT2D eigenvalue weighted by molar-refractivity contribution is 7.99. The van der Waals surface area contributed by atoms with Gasteiger partial charge in [-0.15, -0.1) is 0 Å². The van der Waals surface area contributed by atoms with Crippen LogP contribution in [0.25, 0.3) is 6.08 Å². The zero-order valence-electron chi connectivity index (χ0n) is 12.1. The number of halogens is 1. The van der Waals surface area contributed by atoms with E-state index in [1.807, 2.05) is 0 Å². The van der Waals surface area contributed by atoms with Gasteiger partial charge in [0.25, 0.3) is 11.6 Å². The molecule has 0 aliphatic carbocycles. The number of nitrogens with zero attached hydrogens (tertiary/aromatic N) is 2. The molecule has 1 amide bonds. The quantitative estimate of drug-likeness (QED) is 0.378. The van der Waals surface area contributed by atoms with Crippen LogP contribution in [0.3, 0.4) is 0 Å².